The predicted octanol–water partition coefficient (Wildman–Crippen LogP) is 2.93. The zero-order valence-corrected chi connectivity index (χ0v) is 8.43. The topological polar surface area (TPSA) is 0 Å². The van der Waals surface area contributed by atoms with Gasteiger partial charge in [0.1, 0.15) is 0 Å². The van der Waals surface area contributed by atoms with Gasteiger partial charge in [-0.1, -0.05) is 0 Å². The third kappa shape index (κ3) is 4.70. The van der Waals surface area contributed by atoms with Crippen molar-refractivity contribution in [3.63, 3.8) is 0 Å². The molecule has 8 heavy (non-hydrogen) atoms. The molecule has 0 fully saturated rings. The number of rotatable bonds is 4. The standard InChI is InChI=1S/C7H17Ge/c1-4-6-8(3)7-5-2/h4-7H2,1-3H3. The Kier molecular flexibility index (Phi) is 6.06. The van der Waals surface area contributed by atoms with E-state index >= 15 is 0 Å². The van der Waals surface area contributed by atoms with E-state index in [1.54, 1.807) is 10.5 Å². The molecular weight excluding hydrogens is 157 g/mol. The minimum absolute atomic E-state index is 0.435. The molecule has 0 nitrogen and oxygen atoms in total. The Morgan fingerprint density at radius 1 is 1.00 bits per heavy atom. The van der Waals surface area contributed by atoms with Crippen LogP contribution in [0.3, 0.4) is 0 Å². The monoisotopic (exact) mass is 175 g/mol. The Bertz CT molecular complexity index is 37.7. The van der Waals surface area contributed by atoms with Crippen molar-refractivity contribution in [3.8, 4) is 0 Å². The molecule has 0 aromatic carbocycles. The maximum absolute atomic E-state index is 2.51. The van der Waals surface area contributed by atoms with Crippen LogP contribution in [0.4, 0.5) is 0 Å². The van der Waals surface area contributed by atoms with Crippen molar-refractivity contribution in [1.82, 2.24) is 0 Å². The molecule has 0 aromatic heterocycles. The summed E-state index contributed by atoms with van der Waals surface area (Å²) in [4.78, 5) is 0. The molecule has 1 radical (unpaired) electrons. The van der Waals surface area contributed by atoms with Crippen LogP contribution in [0.15, 0.2) is 0 Å². The molecule has 0 heterocycles. The Labute approximate surface area is 57.8 Å². The van der Waals surface area contributed by atoms with Gasteiger partial charge in [-0.25, -0.2) is 0 Å². The van der Waals surface area contributed by atoms with Crippen LogP contribution in [0.2, 0.25) is 16.3 Å². The third-order valence-corrected chi connectivity index (χ3v) is 7.03. The minimum atomic E-state index is -0.435. The van der Waals surface area contributed by atoms with E-state index in [0.29, 0.717) is 0 Å². The number of hydrogen-bond acceptors (Lipinski definition) is 0. The molecule has 0 bridgehead atoms. The van der Waals surface area contributed by atoms with Gasteiger partial charge in [0.25, 0.3) is 0 Å². The van der Waals surface area contributed by atoms with Crippen LogP contribution in [0.25, 0.3) is 0 Å². The molecule has 0 saturated carbocycles. The van der Waals surface area contributed by atoms with Crippen molar-refractivity contribution in [2.75, 3.05) is 0 Å². The van der Waals surface area contributed by atoms with Crippen LogP contribution < -0.4 is 0 Å². The first-order valence-corrected chi connectivity index (χ1v) is 8.69. The van der Waals surface area contributed by atoms with Crippen molar-refractivity contribution in [2.45, 2.75) is 43.0 Å². The van der Waals surface area contributed by atoms with Crippen molar-refractivity contribution in [1.29, 1.82) is 0 Å². The summed E-state index contributed by atoms with van der Waals surface area (Å²) in [7, 11) is 0. The van der Waals surface area contributed by atoms with E-state index in [9.17, 15) is 0 Å². The van der Waals surface area contributed by atoms with E-state index in [1.807, 2.05) is 0 Å². The summed E-state index contributed by atoms with van der Waals surface area (Å²) in [6, 6.07) is 0. The average Bonchev–Trinajstić information content (AvgIpc) is 1.68. The fourth-order valence-corrected chi connectivity index (χ4v) is 5.08. The molecule has 0 atom stereocenters. The second-order valence-corrected chi connectivity index (χ2v) is 8.57. The van der Waals surface area contributed by atoms with Gasteiger partial charge in [0, 0.05) is 0 Å². The quantitative estimate of drug-likeness (QED) is 0.574. The second-order valence-electron chi connectivity index (χ2n) is 2.46. The van der Waals surface area contributed by atoms with Crippen LogP contribution in [-0.2, 0) is 0 Å². The molecule has 0 spiro atoms. The summed E-state index contributed by atoms with van der Waals surface area (Å²) in [5.41, 5.74) is 0. The fraction of sp³-hybridized carbons (Fsp3) is 1.00. The van der Waals surface area contributed by atoms with Gasteiger partial charge in [0.15, 0.2) is 0 Å². The fourth-order valence-electron chi connectivity index (χ4n) is 0.979. The molecule has 0 aliphatic heterocycles. The first kappa shape index (κ1) is 8.54. The molecule has 0 aliphatic carbocycles. The first-order valence-electron chi connectivity index (χ1n) is 3.62. The molecule has 0 amide bonds. The summed E-state index contributed by atoms with van der Waals surface area (Å²) in [5, 5.41) is 3.15. The first-order chi connectivity index (χ1) is 3.81. The Balaban J connectivity index is 2.92. The molecule has 0 saturated heterocycles. The molecule has 0 N–H and O–H groups in total. The summed E-state index contributed by atoms with van der Waals surface area (Å²) >= 11 is -0.435. The normalized spacial score (nSPS) is 10.5. The molecule has 49 valence electrons. The van der Waals surface area contributed by atoms with E-state index in [0.717, 1.165) is 0 Å². The van der Waals surface area contributed by atoms with Crippen LogP contribution in [0, 0.1) is 0 Å². The predicted molar refractivity (Wildman–Crippen MR) is 41.8 cm³/mol. The SMILES string of the molecule is CC[CH2][Ge]([CH3])[CH2]CC. The van der Waals surface area contributed by atoms with Gasteiger partial charge in [-0.2, -0.15) is 0 Å². The van der Waals surface area contributed by atoms with E-state index in [2.05, 4.69) is 19.6 Å². The molecule has 0 aromatic rings. The Morgan fingerprint density at radius 3 is 1.62 bits per heavy atom. The van der Waals surface area contributed by atoms with Crippen molar-refractivity contribution >= 4 is 14.3 Å². The van der Waals surface area contributed by atoms with Crippen molar-refractivity contribution in [2.24, 2.45) is 0 Å². The van der Waals surface area contributed by atoms with Crippen LogP contribution in [0.1, 0.15) is 26.7 Å². The summed E-state index contributed by atoms with van der Waals surface area (Å²) in [6.07, 6.45) is 2.84. The summed E-state index contributed by atoms with van der Waals surface area (Å²) < 4.78 is 0. The van der Waals surface area contributed by atoms with Crippen molar-refractivity contribution < 1.29 is 0 Å². The van der Waals surface area contributed by atoms with E-state index in [-0.39, 0.29) is 0 Å². The van der Waals surface area contributed by atoms with Gasteiger partial charge in [0.2, 0.25) is 0 Å². The van der Waals surface area contributed by atoms with Gasteiger partial charge in [-0.05, 0) is 0 Å². The third-order valence-electron chi connectivity index (χ3n) is 1.35. The maximum atomic E-state index is 2.51. The van der Waals surface area contributed by atoms with Crippen LogP contribution >= 0.6 is 0 Å². The van der Waals surface area contributed by atoms with Crippen LogP contribution in [0.5, 0.6) is 0 Å². The van der Waals surface area contributed by atoms with Crippen LogP contribution in [-0.4, -0.2) is 14.3 Å². The van der Waals surface area contributed by atoms with Gasteiger partial charge >= 0.3 is 57.3 Å². The Morgan fingerprint density at radius 2 is 1.38 bits per heavy atom. The second kappa shape index (κ2) is 5.68. The average molecular weight is 174 g/mol. The molecule has 0 aliphatic rings. The van der Waals surface area contributed by atoms with E-state index < -0.39 is 14.3 Å². The summed E-state index contributed by atoms with van der Waals surface area (Å²) in [6.45, 7) is 4.60. The van der Waals surface area contributed by atoms with E-state index in [4.69, 9.17) is 0 Å². The van der Waals surface area contributed by atoms with Gasteiger partial charge in [-0.3, -0.25) is 0 Å². The van der Waals surface area contributed by atoms with E-state index in [1.165, 1.54) is 12.8 Å². The number of hydrogen-bond donors (Lipinski definition) is 0. The van der Waals surface area contributed by atoms with Gasteiger partial charge in [-0.15, -0.1) is 0 Å². The molecule has 0 unspecified atom stereocenters. The molecule has 0 rings (SSSR count). The zero-order chi connectivity index (χ0) is 6.41. The molecule has 1 heteroatoms. The Hall–Kier alpha value is 0.543. The zero-order valence-electron chi connectivity index (χ0n) is 6.33. The van der Waals surface area contributed by atoms with Gasteiger partial charge in [0.05, 0.1) is 0 Å². The summed E-state index contributed by atoms with van der Waals surface area (Å²) in [5.74, 6) is 2.51. The van der Waals surface area contributed by atoms with Gasteiger partial charge < -0.3 is 0 Å². The van der Waals surface area contributed by atoms with Crippen molar-refractivity contribution in [3.05, 3.63) is 0 Å². The molecular formula is C7H17Ge.